The standard InChI is InChI=1S/C7H12N2O2/c1-4(10)3-6-5(2)8-9-7(6)11/h4,6,10H,3H2,1-2H3,(H,9,11). The first kappa shape index (κ1) is 8.20. The largest absolute Gasteiger partial charge is 0.393 e. The number of nitrogens with one attached hydrogen (secondary N) is 1. The Hall–Kier alpha value is -0.900. The second-order valence-electron chi connectivity index (χ2n) is 2.87. The summed E-state index contributed by atoms with van der Waals surface area (Å²) in [5, 5.41) is 12.8. The van der Waals surface area contributed by atoms with E-state index >= 15 is 0 Å². The molecule has 0 radical (unpaired) electrons. The molecule has 0 saturated carbocycles. The van der Waals surface area contributed by atoms with Gasteiger partial charge in [-0.2, -0.15) is 5.10 Å². The molecule has 0 aromatic carbocycles. The van der Waals surface area contributed by atoms with Gasteiger partial charge in [-0.1, -0.05) is 0 Å². The lowest BCUT2D eigenvalue weighted by Crippen LogP contribution is -2.25. The SMILES string of the molecule is CC1=NNC(=O)C1CC(C)O. The summed E-state index contributed by atoms with van der Waals surface area (Å²) in [4.78, 5) is 11.0. The van der Waals surface area contributed by atoms with Crippen LogP contribution in [0.5, 0.6) is 0 Å². The molecule has 0 saturated heterocycles. The number of hydrogen-bond acceptors (Lipinski definition) is 3. The summed E-state index contributed by atoms with van der Waals surface area (Å²) in [5.74, 6) is -0.335. The first-order valence-corrected chi connectivity index (χ1v) is 3.63. The maximum absolute atomic E-state index is 11.0. The van der Waals surface area contributed by atoms with Crippen LogP contribution in [0.4, 0.5) is 0 Å². The summed E-state index contributed by atoms with van der Waals surface area (Å²) in [6.45, 7) is 3.45. The van der Waals surface area contributed by atoms with Gasteiger partial charge in [-0.25, -0.2) is 5.43 Å². The fourth-order valence-corrected chi connectivity index (χ4v) is 1.11. The maximum Gasteiger partial charge on any atom is 0.249 e. The minimum Gasteiger partial charge on any atom is -0.393 e. The maximum atomic E-state index is 11.0. The molecule has 11 heavy (non-hydrogen) atoms. The number of amides is 1. The zero-order chi connectivity index (χ0) is 8.43. The van der Waals surface area contributed by atoms with E-state index in [4.69, 9.17) is 5.11 Å². The second-order valence-corrected chi connectivity index (χ2v) is 2.87. The Kier molecular flexibility index (Phi) is 2.24. The van der Waals surface area contributed by atoms with Gasteiger partial charge >= 0.3 is 0 Å². The lowest BCUT2D eigenvalue weighted by Gasteiger charge is -2.08. The van der Waals surface area contributed by atoms with E-state index in [1.807, 2.05) is 0 Å². The predicted octanol–water partition coefficient (Wildman–Crippen LogP) is -0.121. The zero-order valence-electron chi connectivity index (χ0n) is 6.66. The highest BCUT2D eigenvalue weighted by Crippen LogP contribution is 2.13. The Morgan fingerprint density at radius 3 is 2.82 bits per heavy atom. The summed E-state index contributed by atoms with van der Waals surface area (Å²) in [6.07, 6.45) is 0.00949. The monoisotopic (exact) mass is 156 g/mol. The van der Waals surface area contributed by atoms with Gasteiger partial charge < -0.3 is 5.11 Å². The van der Waals surface area contributed by atoms with Crippen molar-refractivity contribution in [3.8, 4) is 0 Å². The summed E-state index contributed by atoms with van der Waals surface area (Å²) >= 11 is 0. The van der Waals surface area contributed by atoms with Crippen molar-refractivity contribution in [2.75, 3.05) is 0 Å². The third-order valence-electron chi connectivity index (χ3n) is 1.74. The first-order valence-electron chi connectivity index (χ1n) is 3.63. The topological polar surface area (TPSA) is 61.7 Å². The molecule has 0 aromatic rings. The molecule has 0 bridgehead atoms. The average Bonchev–Trinajstić information content (AvgIpc) is 2.18. The Balaban J connectivity index is 2.56. The van der Waals surface area contributed by atoms with Crippen molar-refractivity contribution in [3.05, 3.63) is 0 Å². The molecule has 4 nitrogen and oxygen atoms in total. The molecule has 1 amide bonds. The number of aliphatic hydroxyl groups excluding tert-OH is 1. The van der Waals surface area contributed by atoms with E-state index in [1.54, 1.807) is 13.8 Å². The quantitative estimate of drug-likeness (QED) is 0.585. The van der Waals surface area contributed by atoms with Crippen LogP contribution in [0.3, 0.4) is 0 Å². The molecule has 2 unspecified atom stereocenters. The van der Waals surface area contributed by atoms with E-state index in [9.17, 15) is 4.79 Å². The van der Waals surface area contributed by atoms with Crippen LogP contribution in [0.2, 0.25) is 0 Å². The number of carbonyl (C=O) groups excluding carboxylic acids is 1. The Labute approximate surface area is 65.3 Å². The van der Waals surface area contributed by atoms with Gasteiger partial charge in [0, 0.05) is 5.71 Å². The fraction of sp³-hybridized carbons (Fsp3) is 0.714. The summed E-state index contributed by atoms with van der Waals surface area (Å²) < 4.78 is 0. The van der Waals surface area contributed by atoms with Crippen LogP contribution in [0, 0.1) is 5.92 Å². The fourth-order valence-electron chi connectivity index (χ4n) is 1.11. The molecule has 2 N–H and O–H groups in total. The molecule has 0 aliphatic carbocycles. The van der Waals surface area contributed by atoms with E-state index in [0.29, 0.717) is 6.42 Å². The highest BCUT2D eigenvalue weighted by molar-refractivity contribution is 6.06. The van der Waals surface area contributed by atoms with Crippen LogP contribution >= 0.6 is 0 Å². The summed E-state index contributed by atoms with van der Waals surface area (Å²) in [5.41, 5.74) is 3.12. The normalized spacial score (nSPS) is 26.3. The Bertz CT molecular complexity index is 199. The molecule has 1 aliphatic heterocycles. The minimum atomic E-state index is -0.450. The molecule has 1 aliphatic rings. The van der Waals surface area contributed by atoms with Crippen molar-refractivity contribution in [2.45, 2.75) is 26.4 Å². The first-order chi connectivity index (χ1) is 5.11. The van der Waals surface area contributed by atoms with Gasteiger partial charge in [0.25, 0.3) is 0 Å². The molecular weight excluding hydrogens is 144 g/mol. The number of aliphatic hydroxyl groups is 1. The van der Waals surface area contributed by atoms with E-state index in [2.05, 4.69) is 10.5 Å². The number of rotatable bonds is 2. The van der Waals surface area contributed by atoms with Gasteiger partial charge in [0.05, 0.1) is 12.0 Å². The van der Waals surface area contributed by atoms with E-state index in [-0.39, 0.29) is 11.8 Å². The number of carbonyl (C=O) groups is 1. The molecule has 1 heterocycles. The van der Waals surface area contributed by atoms with Gasteiger partial charge in [0.15, 0.2) is 0 Å². The van der Waals surface area contributed by atoms with Gasteiger partial charge in [-0.15, -0.1) is 0 Å². The molecule has 0 aromatic heterocycles. The molecule has 0 spiro atoms. The van der Waals surface area contributed by atoms with Gasteiger partial charge in [-0.3, -0.25) is 4.79 Å². The molecule has 4 heteroatoms. The summed E-state index contributed by atoms with van der Waals surface area (Å²) in [7, 11) is 0. The van der Waals surface area contributed by atoms with Crippen molar-refractivity contribution < 1.29 is 9.90 Å². The van der Waals surface area contributed by atoms with Crippen molar-refractivity contribution in [1.82, 2.24) is 5.43 Å². The molecule has 62 valence electrons. The number of hydrazone groups is 1. The third kappa shape index (κ3) is 1.77. The van der Waals surface area contributed by atoms with Crippen LogP contribution in [0.1, 0.15) is 20.3 Å². The van der Waals surface area contributed by atoms with Gasteiger partial charge in [0.1, 0.15) is 0 Å². The summed E-state index contributed by atoms with van der Waals surface area (Å²) in [6, 6.07) is 0. The molecule has 1 rings (SSSR count). The van der Waals surface area contributed by atoms with Crippen LogP contribution in [0.25, 0.3) is 0 Å². The van der Waals surface area contributed by atoms with E-state index < -0.39 is 6.10 Å². The lowest BCUT2D eigenvalue weighted by atomic mass is 9.98. The lowest BCUT2D eigenvalue weighted by molar-refractivity contribution is -0.122. The molecular formula is C7H12N2O2. The number of nitrogens with zero attached hydrogens (tertiary/aromatic N) is 1. The highest BCUT2D eigenvalue weighted by Gasteiger charge is 2.27. The highest BCUT2D eigenvalue weighted by atomic mass is 16.3. The Morgan fingerprint density at radius 1 is 1.82 bits per heavy atom. The van der Waals surface area contributed by atoms with Crippen molar-refractivity contribution in [1.29, 1.82) is 0 Å². The second kappa shape index (κ2) is 3.00. The predicted molar refractivity (Wildman–Crippen MR) is 41.0 cm³/mol. The zero-order valence-corrected chi connectivity index (χ0v) is 6.66. The van der Waals surface area contributed by atoms with Crippen LogP contribution in [-0.2, 0) is 4.79 Å². The van der Waals surface area contributed by atoms with E-state index in [0.717, 1.165) is 5.71 Å². The van der Waals surface area contributed by atoms with Crippen LogP contribution < -0.4 is 5.43 Å². The third-order valence-corrected chi connectivity index (χ3v) is 1.74. The van der Waals surface area contributed by atoms with Crippen molar-refractivity contribution in [3.63, 3.8) is 0 Å². The van der Waals surface area contributed by atoms with Gasteiger partial charge in [0.2, 0.25) is 5.91 Å². The Morgan fingerprint density at radius 2 is 2.45 bits per heavy atom. The van der Waals surface area contributed by atoms with Crippen molar-refractivity contribution >= 4 is 11.6 Å². The van der Waals surface area contributed by atoms with Crippen molar-refractivity contribution in [2.24, 2.45) is 11.0 Å². The molecule has 2 atom stereocenters. The minimum absolute atomic E-state index is 0.108. The average molecular weight is 156 g/mol. The van der Waals surface area contributed by atoms with Gasteiger partial charge in [-0.05, 0) is 20.3 Å². The number of hydrogen-bond donors (Lipinski definition) is 2. The van der Waals surface area contributed by atoms with E-state index in [1.165, 1.54) is 0 Å². The smallest absolute Gasteiger partial charge is 0.249 e. The van der Waals surface area contributed by atoms with Crippen LogP contribution in [-0.4, -0.2) is 22.8 Å². The molecule has 0 fully saturated rings. The van der Waals surface area contributed by atoms with Crippen LogP contribution in [0.15, 0.2) is 5.10 Å².